The summed E-state index contributed by atoms with van der Waals surface area (Å²) >= 11 is 0. The van der Waals surface area contributed by atoms with Gasteiger partial charge in [0.2, 0.25) is 5.95 Å². The second-order valence-electron chi connectivity index (χ2n) is 7.56. The van der Waals surface area contributed by atoms with Gasteiger partial charge < -0.3 is 10.2 Å². The number of benzene rings is 1. The first-order chi connectivity index (χ1) is 15.6. The van der Waals surface area contributed by atoms with E-state index in [1.54, 1.807) is 27.9 Å². The Morgan fingerprint density at radius 2 is 1.88 bits per heavy atom. The van der Waals surface area contributed by atoms with Crippen LogP contribution in [0.15, 0.2) is 42.7 Å². The SMILES string of the molecule is CCN(CC)C(=O)n1ccc2cc(Nc3ccnc(NC(=O)NN4CCCC4)n3)ccc21. The third-order valence-electron chi connectivity index (χ3n) is 5.45. The second kappa shape index (κ2) is 9.65. The van der Waals surface area contributed by atoms with Crippen molar-refractivity contribution in [3.05, 3.63) is 42.7 Å². The van der Waals surface area contributed by atoms with Crippen LogP contribution in [0.1, 0.15) is 26.7 Å². The summed E-state index contributed by atoms with van der Waals surface area (Å²) in [4.78, 5) is 35.1. The molecule has 1 aromatic carbocycles. The number of aromatic nitrogens is 3. The Morgan fingerprint density at radius 1 is 1.09 bits per heavy atom. The van der Waals surface area contributed by atoms with Gasteiger partial charge in [-0.1, -0.05) is 0 Å². The van der Waals surface area contributed by atoms with Crippen LogP contribution in [0.3, 0.4) is 0 Å². The van der Waals surface area contributed by atoms with Crippen LogP contribution in [0, 0.1) is 0 Å². The van der Waals surface area contributed by atoms with Crippen molar-refractivity contribution in [2.24, 2.45) is 0 Å². The van der Waals surface area contributed by atoms with Gasteiger partial charge in [0, 0.05) is 49.6 Å². The molecule has 10 nitrogen and oxygen atoms in total. The molecule has 0 atom stereocenters. The molecule has 2 aromatic heterocycles. The molecule has 0 radical (unpaired) electrons. The van der Waals surface area contributed by atoms with Crippen LogP contribution in [0.5, 0.6) is 0 Å². The number of urea groups is 1. The van der Waals surface area contributed by atoms with E-state index in [0.29, 0.717) is 18.9 Å². The first-order valence-corrected chi connectivity index (χ1v) is 10.9. The first-order valence-electron chi connectivity index (χ1n) is 10.9. The monoisotopic (exact) mass is 436 g/mol. The summed E-state index contributed by atoms with van der Waals surface area (Å²) in [7, 11) is 0. The lowest BCUT2D eigenvalue weighted by Gasteiger charge is -2.19. The molecule has 0 bridgehead atoms. The zero-order chi connectivity index (χ0) is 22.5. The lowest BCUT2D eigenvalue weighted by Crippen LogP contribution is -2.42. The molecule has 1 aliphatic heterocycles. The average molecular weight is 437 g/mol. The summed E-state index contributed by atoms with van der Waals surface area (Å²) in [6.07, 6.45) is 5.53. The Kier molecular flexibility index (Phi) is 6.50. The van der Waals surface area contributed by atoms with Gasteiger partial charge in [-0.3, -0.25) is 15.3 Å². The lowest BCUT2D eigenvalue weighted by molar-refractivity contribution is 0.206. The molecule has 32 heavy (non-hydrogen) atoms. The van der Waals surface area contributed by atoms with Crippen LogP contribution in [0.4, 0.5) is 27.0 Å². The van der Waals surface area contributed by atoms with Crippen LogP contribution in [0.25, 0.3) is 10.9 Å². The molecule has 10 heteroatoms. The molecule has 168 valence electrons. The third-order valence-corrected chi connectivity index (χ3v) is 5.45. The Hall–Kier alpha value is -3.66. The van der Waals surface area contributed by atoms with E-state index in [0.717, 1.165) is 42.5 Å². The summed E-state index contributed by atoms with van der Waals surface area (Å²) in [5.74, 6) is 0.762. The minimum atomic E-state index is -0.357. The fraction of sp³-hybridized carbons (Fsp3) is 0.364. The highest BCUT2D eigenvalue weighted by Crippen LogP contribution is 2.23. The molecule has 3 N–H and O–H groups in total. The maximum Gasteiger partial charge on any atom is 0.336 e. The van der Waals surface area contributed by atoms with Crippen molar-refractivity contribution >= 4 is 40.4 Å². The molecule has 1 saturated heterocycles. The summed E-state index contributed by atoms with van der Waals surface area (Å²) in [5.41, 5.74) is 4.45. The van der Waals surface area contributed by atoms with Gasteiger partial charge in [0.15, 0.2) is 0 Å². The number of rotatable bonds is 6. The Labute approximate surface area is 186 Å². The number of amides is 3. The Morgan fingerprint density at radius 3 is 2.62 bits per heavy atom. The zero-order valence-electron chi connectivity index (χ0n) is 18.3. The average Bonchev–Trinajstić information content (AvgIpc) is 3.44. The van der Waals surface area contributed by atoms with E-state index >= 15 is 0 Å². The number of hydrazine groups is 1. The van der Waals surface area contributed by atoms with Crippen LogP contribution in [0.2, 0.25) is 0 Å². The van der Waals surface area contributed by atoms with Crippen LogP contribution in [-0.4, -0.2) is 62.7 Å². The molecule has 3 aromatic rings. The van der Waals surface area contributed by atoms with Gasteiger partial charge in [0.1, 0.15) is 5.82 Å². The largest absolute Gasteiger partial charge is 0.340 e. The standard InChI is InChI=1S/C22H28N8O2/c1-3-28(4-2)22(32)30-14-10-16-15-17(7-8-18(16)30)24-19-9-11-23-20(25-19)26-21(31)27-29-12-5-6-13-29/h7-11,14-15H,3-6,12-13H2,1-2H3,(H3,23,24,25,26,27,31). The van der Waals surface area contributed by atoms with E-state index in [2.05, 4.69) is 26.0 Å². The molecule has 3 amide bonds. The fourth-order valence-electron chi connectivity index (χ4n) is 3.77. The summed E-state index contributed by atoms with van der Waals surface area (Å²) in [5, 5.41) is 8.71. The summed E-state index contributed by atoms with van der Waals surface area (Å²) < 4.78 is 1.66. The van der Waals surface area contributed by atoms with E-state index in [9.17, 15) is 9.59 Å². The quantitative estimate of drug-likeness (QED) is 0.545. The molecule has 0 spiro atoms. The van der Waals surface area contributed by atoms with Crippen molar-refractivity contribution in [2.75, 3.05) is 36.8 Å². The van der Waals surface area contributed by atoms with Crippen molar-refractivity contribution in [3.8, 4) is 0 Å². The number of fused-ring (bicyclic) bond motifs is 1. The first kappa shape index (κ1) is 21.6. The number of nitrogens with one attached hydrogen (secondary N) is 3. The normalized spacial score (nSPS) is 13.8. The van der Waals surface area contributed by atoms with E-state index < -0.39 is 0 Å². The second-order valence-corrected chi connectivity index (χ2v) is 7.56. The maximum absolute atomic E-state index is 12.7. The van der Waals surface area contributed by atoms with Gasteiger partial charge in [0.05, 0.1) is 5.52 Å². The predicted molar refractivity (Wildman–Crippen MR) is 124 cm³/mol. The van der Waals surface area contributed by atoms with E-state index in [-0.39, 0.29) is 18.0 Å². The van der Waals surface area contributed by atoms with Crippen LogP contribution >= 0.6 is 0 Å². The maximum atomic E-state index is 12.7. The molecule has 1 aliphatic rings. The highest BCUT2D eigenvalue weighted by molar-refractivity contribution is 5.93. The summed E-state index contributed by atoms with van der Waals surface area (Å²) in [6, 6.07) is 9.00. The molecular formula is C22H28N8O2. The van der Waals surface area contributed by atoms with Crippen LogP contribution < -0.4 is 16.1 Å². The van der Waals surface area contributed by atoms with Gasteiger partial charge >= 0.3 is 12.1 Å². The molecule has 0 aliphatic carbocycles. The highest BCUT2D eigenvalue weighted by Gasteiger charge is 2.16. The minimum Gasteiger partial charge on any atom is -0.340 e. The Balaban J connectivity index is 1.44. The smallest absolute Gasteiger partial charge is 0.336 e. The van der Waals surface area contributed by atoms with Gasteiger partial charge in [-0.2, -0.15) is 4.98 Å². The van der Waals surface area contributed by atoms with Crippen molar-refractivity contribution in [2.45, 2.75) is 26.7 Å². The van der Waals surface area contributed by atoms with Gasteiger partial charge in [0.25, 0.3) is 0 Å². The highest BCUT2D eigenvalue weighted by atomic mass is 16.2. The van der Waals surface area contributed by atoms with E-state index in [4.69, 9.17) is 0 Å². The lowest BCUT2D eigenvalue weighted by atomic mass is 10.2. The number of anilines is 3. The van der Waals surface area contributed by atoms with Crippen molar-refractivity contribution in [1.29, 1.82) is 0 Å². The van der Waals surface area contributed by atoms with E-state index in [1.807, 2.05) is 43.1 Å². The van der Waals surface area contributed by atoms with Gasteiger partial charge in [-0.15, -0.1) is 0 Å². The molecular weight excluding hydrogens is 408 g/mol. The zero-order valence-corrected chi connectivity index (χ0v) is 18.3. The van der Waals surface area contributed by atoms with Crippen molar-refractivity contribution in [1.82, 2.24) is 29.9 Å². The molecule has 4 rings (SSSR count). The van der Waals surface area contributed by atoms with Gasteiger partial charge in [-0.05, 0) is 57.0 Å². The summed E-state index contributed by atoms with van der Waals surface area (Å²) in [6.45, 7) is 6.96. The molecule has 0 unspecified atom stereocenters. The number of hydrogen-bond acceptors (Lipinski definition) is 6. The predicted octanol–water partition coefficient (Wildman–Crippen LogP) is 3.62. The minimum absolute atomic E-state index is 0.0376. The Bertz CT molecular complexity index is 1100. The number of carbonyl (C=O) groups is 2. The molecule has 1 fully saturated rings. The third kappa shape index (κ3) is 4.80. The topological polar surface area (TPSA) is 107 Å². The molecule has 0 saturated carbocycles. The number of hydrogen-bond donors (Lipinski definition) is 3. The van der Waals surface area contributed by atoms with Crippen LogP contribution in [-0.2, 0) is 0 Å². The number of carbonyl (C=O) groups excluding carboxylic acids is 2. The van der Waals surface area contributed by atoms with E-state index in [1.165, 1.54) is 0 Å². The van der Waals surface area contributed by atoms with Crippen molar-refractivity contribution < 1.29 is 9.59 Å². The van der Waals surface area contributed by atoms with Crippen molar-refractivity contribution in [3.63, 3.8) is 0 Å². The fourth-order valence-corrected chi connectivity index (χ4v) is 3.77. The number of nitrogens with zero attached hydrogens (tertiary/aromatic N) is 5. The van der Waals surface area contributed by atoms with Gasteiger partial charge in [-0.25, -0.2) is 19.6 Å². The molecule has 3 heterocycles.